The predicted octanol–water partition coefficient (Wildman–Crippen LogP) is 7.15. The summed E-state index contributed by atoms with van der Waals surface area (Å²) in [6.45, 7) is 4.30. The molecule has 1 heterocycles. The second-order valence-corrected chi connectivity index (χ2v) is 11.3. The number of carbonyl (C=O) groups is 1. The average Bonchev–Trinajstić information content (AvgIpc) is 3.45. The molecule has 4 rings (SSSR count). The molecule has 8 nitrogen and oxygen atoms in total. The summed E-state index contributed by atoms with van der Waals surface area (Å²) >= 11 is 1.17. The summed E-state index contributed by atoms with van der Waals surface area (Å²) in [5.74, 6) is 5.86. The number of quaternary nitrogens is 1. The van der Waals surface area contributed by atoms with E-state index in [0.717, 1.165) is 5.69 Å². The van der Waals surface area contributed by atoms with Gasteiger partial charge < -0.3 is 24.0 Å². The molecule has 1 N–H and O–H groups in total. The molecule has 46 heavy (non-hydrogen) atoms. The van der Waals surface area contributed by atoms with Crippen LogP contribution in [-0.2, 0) is 10.5 Å². The zero-order valence-electron chi connectivity index (χ0n) is 27.3. The zero-order valence-corrected chi connectivity index (χ0v) is 28.1. The number of thioether (sulfide) groups is 1. The molecule has 0 atom stereocenters. The van der Waals surface area contributed by atoms with Crippen LogP contribution in [0.1, 0.15) is 25.0 Å². The molecule has 0 saturated carbocycles. The Bertz CT molecular complexity index is 1620. The summed E-state index contributed by atoms with van der Waals surface area (Å²) in [5, 5.41) is 7.37. The molecule has 0 aliphatic carbocycles. The quantitative estimate of drug-likeness (QED) is 0.0887. The van der Waals surface area contributed by atoms with Crippen LogP contribution in [-0.4, -0.2) is 74.6 Å². The van der Waals surface area contributed by atoms with Gasteiger partial charge in [-0.3, -0.25) is 9.36 Å². The van der Waals surface area contributed by atoms with Crippen molar-refractivity contribution in [1.82, 2.24) is 9.55 Å². The van der Waals surface area contributed by atoms with Gasteiger partial charge in [-0.25, -0.2) is 18.2 Å². The topological polar surface area (TPSA) is 76.8 Å². The number of anilines is 2. The summed E-state index contributed by atoms with van der Waals surface area (Å²) in [7, 11) is 10.9. The molecule has 0 saturated heterocycles. The van der Waals surface area contributed by atoms with Gasteiger partial charge in [0.15, 0.2) is 16.7 Å². The second kappa shape index (κ2) is 17.8. The van der Waals surface area contributed by atoms with Gasteiger partial charge in [0.05, 0.1) is 41.6 Å². The van der Waals surface area contributed by atoms with Gasteiger partial charge >= 0.3 is 0 Å². The minimum absolute atomic E-state index is 0.0119. The van der Waals surface area contributed by atoms with E-state index in [1.165, 1.54) is 36.0 Å². The van der Waals surface area contributed by atoms with E-state index in [9.17, 15) is 4.39 Å². The maximum atomic E-state index is 15.0. The Balaban J connectivity index is 0.00000139. The summed E-state index contributed by atoms with van der Waals surface area (Å²) < 4.78 is 57.0. The van der Waals surface area contributed by atoms with Crippen LogP contribution in [0.2, 0.25) is 0 Å². The van der Waals surface area contributed by atoms with Crippen LogP contribution in [0.15, 0.2) is 66.0 Å². The molecule has 0 radical (unpaired) electrons. The number of carboxylic acid groups (broad SMARTS) is 1. The molecule has 12 heteroatoms. The van der Waals surface area contributed by atoms with Crippen LogP contribution in [0.25, 0.3) is 5.69 Å². The van der Waals surface area contributed by atoms with Gasteiger partial charge in [-0.1, -0.05) is 31.5 Å². The van der Waals surface area contributed by atoms with Crippen molar-refractivity contribution in [2.24, 2.45) is 0 Å². The van der Waals surface area contributed by atoms with Crippen LogP contribution < -0.4 is 14.4 Å². The molecule has 0 unspecified atom stereocenters. The lowest BCUT2D eigenvalue weighted by molar-refractivity contribution is -0.862. The molecule has 0 aliphatic rings. The number of imidazole rings is 1. The second-order valence-electron chi connectivity index (χ2n) is 10.4. The van der Waals surface area contributed by atoms with Crippen LogP contribution in [0.3, 0.4) is 0 Å². The highest BCUT2D eigenvalue weighted by Crippen LogP contribution is 2.37. The third kappa shape index (κ3) is 10.2. The van der Waals surface area contributed by atoms with Gasteiger partial charge in [0, 0.05) is 41.4 Å². The number of aromatic nitrogens is 2. The number of ether oxygens (including phenoxy) is 2. The van der Waals surface area contributed by atoms with Crippen molar-refractivity contribution in [3.8, 4) is 29.0 Å². The Labute approximate surface area is 273 Å². The molecule has 3 aromatic carbocycles. The van der Waals surface area contributed by atoms with Crippen molar-refractivity contribution in [2.45, 2.75) is 24.8 Å². The van der Waals surface area contributed by atoms with Crippen molar-refractivity contribution >= 4 is 29.7 Å². The van der Waals surface area contributed by atoms with E-state index in [1.807, 2.05) is 59.1 Å². The van der Waals surface area contributed by atoms with Crippen molar-refractivity contribution in [2.75, 3.05) is 53.9 Å². The maximum Gasteiger partial charge on any atom is 0.290 e. The number of nitrogens with zero attached hydrogens (tertiary/aromatic N) is 4. The number of benzene rings is 3. The summed E-state index contributed by atoms with van der Waals surface area (Å²) in [6, 6.07) is 13.9. The largest absolute Gasteiger partial charge is 0.493 e. The molecular formula is C34H40F3N4O4S+. The summed E-state index contributed by atoms with van der Waals surface area (Å²) in [5.41, 5.74) is 1.63. The molecule has 1 aromatic heterocycles. The van der Waals surface area contributed by atoms with Gasteiger partial charge in [-0.2, -0.15) is 0 Å². The number of hydrogen-bond acceptors (Lipinski definition) is 6. The first kappa shape index (κ1) is 37.6. The molecular weight excluding hydrogens is 617 g/mol. The third-order valence-electron chi connectivity index (χ3n) is 6.17. The van der Waals surface area contributed by atoms with Crippen molar-refractivity contribution in [1.29, 1.82) is 0 Å². The molecule has 0 bridgehead atoms. The number of methoxy groups -OCH3 is 2. The van der Waals surface area contributed by atoms with Gasteiger partial charge in [0.25, 0.3) is 6.47 Å². The number of rotatable bonds is 9. The van der Waals surface area contributed by atoms with Crippen LogP contribution in [0.4, 0.5) is 24.7 Å². The van der Waals surface area contributed by atoms with E-state index in [-0.39, 0.29) is 29.2 Å². The molecule has 4 aromatic rings. The first-order valence-electron chi connectivity index (χ1n) is 14.2. The van der Waals surface area contributed by atoms with E-state index < -0.39 is 11.6 Å². The number of hydrogen-bond donors (Lipinski definition) is 1. The Morgan fingerprint density at radius 2 is 1.57 bits per heavy atom. The van der Waals surface area contributed by atoms with Crippen molar-refractivity contribution < 1.29 is 37.0 Å². The van der Waals surface area contributed by atoms with E-state index in [1.54, 1.807) is 43.2 Å². The highest BCUT2D eigenvalue weighted by Gasteiger charge is 2.20. The molecule has 0 fully saturated rings. The third-order valence-corrected chi connectivity index (χ3v) is 7.15. The first-order valence-corrected chi connectivity index (χ1v) is 15.2. The Morgan fingerprint density at radius 3 is 2.11 bits per heavy atom. The maximum absolute atomic E-state index is 15.0. The average molecular weight is 658 g/mol. The number of halogens is 3. The highest BCUT2D eigenvalue weighted by atomic mass is 32.2. The zero-order chi connectivity index (χ0) is 34.4. The monoisotopic (exact) mass is 657 g/mol. The summed E-state index contributed by atoms with van der Waals surface area (Å²) in [6.07, 6.45) is 1.65. The van der Waals surface area contributed by atoms with E-state index in [2.05, 4.69) is 16.8 Å². The van der Waals surface area contributed by atoms with Crippen LogP contribution >= 0.6 is 11.8 Å². The SMILES string of the molecule is CC.COc1ccc(N(C)c2cnc(SCc3c(F)cc(C#CC[N+](C)(C)C)cc3F)n2-c2ccc(F)cc2)cc1OC.O=CO. The van der Waals surface area contributed by atoms with Gasteiger partial charge in [0.2, 0.25) is 0 Å². The fraction of sp³-hybridized carbons (Fsp3) is 0.294. The fourth-order valence-corrected chi connectivity index (χ4v) is 5.00. The van der Waals surface area contributed by atoms with E-state index in [0.29, 0.717) is 39.2 Å². The van der Waals surface area contributed by atoms with Gasteiger partial charge in [-0.15, -0.1) is 0 Å². The van der Waals surface area contributed by atoms with Crippen molar-refractivity contribution in [3.63, 3.8) is 0 Å². The molecule has 0 spiro atoms. The predicted molar refractivity (Wildman–Crippen MR) is 177 cm³/mol. The fourth-order valence-electron chi connectivity index (χ4n) is 3.99. The van der Waals surface area contributed by atoms with E-state index >= 15 is 8.78 Å². The lowest BCUT2D eigenvalue weighted by Gasteiger charge is -2.23. The van der Waals surface area contributed by atoms with Gasteiger partial charge in [0.1, 0.15) is 29.8 Å². The van der Waals surface area contributed by atoms with Crippen LogP contribution in [0.5, 0.6) is 11.5 Å². The Morgan fingerprint density at radius 1 is 0.978 bits per heavy atom. The smallest absolute Gasteiger partial charge is 0.290 e. The minimum atomic E-state index is -0.672. The Hall–Kier alpha value is -4.60. The standard InChI is InChI=1S/C31H32F3N4O2S.C2H6.CH2O2/c1-36(24-13-14-28(39-5)29(18-24)40-6)30-19-35-31(37(30)23-11-9-22(32)10-12-23)41-20-25-26(33)16-21(17-27(25)34)8-7-15-38(2,3)4;1-2;2-1-3/h9-14,16-19H,15,20H2,1-6H3;1-2H3;1H,(H,2,3)/q+1;;. The minimum Gasteiger partial charge on any atom is -0.493 e. The van der Waals surface area contributed by atoms with Crippen LogP contribution in [0, 0.1) is 29.3 Å². The summed E-state index contributed by atoms with van der Waals surface area (Å²) in [4.78, 5) is 14.8. The molecule has 0 amide bonds. The van der Waals surface area contributed by atoms with E-state index in [4.69, 9.17) is 19.4 Å². The molecule has 0 aliphatic heterocycles. The Kier molecular flexibility index (Phi) is 14.5. The normalized spacial score (nSPS) is 10.3. The van der Waals surface area contributed by atoms with Crippen molar-refractivity contribution in [3.05, 3.63) is 89.4 Å². The lowest BCUT2D eigenvalue weighted by atomic mass is 10.1. The first-order chi connectivity index (χ1) is 21.9. The highest BCUT2D eigenvalue weighted by molar-refractivity contribution is 7.98. The molecule has 246 valence electrons. The van der Waals surface area contributed by atoms with Gasteiger partial charge in [-0.05, 0) is 54.5 Å². The lowest BCUT2D eigenvalue weighted by Crippen LogP contribution is -2.34.